The third-order valence-electron chi connectivity index (χ3n) is 4.40. The summed E-state index contributed by atoms with van der Waals surface area (Å²) in [7, 11) is 0. The summed E-state index contributed by atoms with van der Waals surface area (Å²) in [5.41, 5.74) is 0.423. The van der Waals surface area contributed by atoms with Crippen LogP contribution in [0.15, 0.2) is 42.6 Å². The van der Waals surface area contributed by atoms with Crippen LogP contribution in [0.5, 0.6) is 0 Å². The molecule has 0 saturated carbocycles. The van der Waals surface area contributed by atoms with Crippen LogP contribution in [0.4, 0.5) is 15.9 Å². The maximum Gasteiger partial charge on any atom is 0.241 e. The molecule has 7 heteroatoms. The van der Waals surface area contributed by atoms with Gasteiger partial charge in [0.05, 0.1) is 16.8 Å². The zero-order valence-electron chi connectivity index (χ0n) is 14.0. The van der Waals surface area contributed by atoms with Crippen molar-refractivity contribution in [3.05, 3.63) is 53.4 Å². The second-order valence-electron chi connectivity index (χ2n) is 6.00. The maximum absolute atomic E-state index is 13.1. The van der Waals surface area contributed by atoms with Crippen LogP contribution in [-0.4, -0.2) is 48.0 Å². The summed E-state index contributed by atoms with van der Waals surface area (Å²) < 4.78 is 13.1. The molecule has 1 aliphatic rings. The first-order valence-corrected chi connectivity index (χ1v) is 8.58. The Bertz CT molecular complexity index is 735. The van der Waals surface area contributed by atoms with Crippen molar-refractivity contribution in [1.82, 2.24) is 9.88 Å². The number of amides is 1. The minimum atomic E-state index is -0.429. The van der Waals surface area contributed by atoms with E-state index in [1.807, 2.05) is 25.1 Å². The van der Waals surface area contributed by atoms with E-state index in [-0.39, 0.29) is 17.0 Å². The molecule has 1 aromatic heterocycles. The molecule has 132 valence electrons. The van der Waals surface area contributed by atoms with Gasteiger partial charge in [0.25, 0.3) is 0 Å². The molecule has 1 saturated heterocycles. The number of anilines is 2. The molecule has 2 aromatic rings. The van der Waals surface area contributed by atoms with Gasteiger partial charge in [0, 0.05) is 32.4 Å². The van der Waals surface area contributed by atoms with Crippen LogP contribution in [0.25, 0.3) is 0 Å². The minimum absolute atomic E-state index is 0.153. The van der Waals surface area contributed by atoms with Gasteiger partial charge in [-0.1, -0.05) is 17.7 Å². The number of nitrogens with one attached hydrogen (secondary N) is 1. The Morgan fingerprint density at radius 1 is 1.24 bits per heavy atom. The summed E-state index contributed by atoms with van der Waals surface area (Å²) in [6, 6.07) is 9.49. The highest BCUT2D eigenvalue weighted by Crippen LogP contribution is 2.23. The molecule has 1 amide bonds. The van der Waals surface area contributed by atoms with E-state index in [0.717, 1.165) is 32.0 Å². The molecule has 1 aromatic carbocycles. The summed E-state index contributed by atoms with van der Waals surface area (Å²) in [5.74, 6) is 0.374. The van der Waals surface area contributed by atoms with Gasteiger partial charge in [-0.25, -0.2) is 9.37 Å². The molecule has 25 heavy (non-hydrogen) atoms. The van der Waals surface area contributed by atoms with Crippen molar-refractivity contribution in [1.29, 1.82) is 0 Å². The third-order valence-corrected chi connectivity index (χ3v) is 4.72. The first-order chi connectivity index (χ1) is 12.0. The first kappa shape index (κ1) is 17.6. The fourth-order valence-corrected chi connectivity index (χ4v) is 3.09. The Morgan fingerprint density at radius 2 is 2.00 bits per heavy atom. The van der Waals surface area contributed by atoms with Gasteiger partial charge in [-0.3, -0.25) is 9.69 Å². The number of carbonyl (C=O) groups excluding carboxylic acids is 1. The van der Waals surface area contributed by atoms with Crippen molar-refractivity contribution in [2.24, 2.45) is 0 Å². The quantitative estimate of drug-likeness (QED) is 0.908. The summed E-state index contributed by atoms with van der Waals surface area (Å²) >= 11 is 5.97. The Labute approximate surface area is 151 Å². The van der Waals surface area contributed by atoms with Crippen LogP contribution in [0.2, 0.25) is 5.02 Å². The fraction of sp³-hybridized carbons (Fsp3) is 0.333. The highest BCUT2D eigenvalue weighted by Gasteiger charge is 2.26. The SMILES string of the molecule is C[C@H](C(=O)Nc1ccc(F)cc1Cl)N1CCN(c2ccccn2)CC1. The number of rotatable bonds is 4. The third kappa shape index (κ3) is 4.27. The molecule has 1 aliphatic heterocycles. The van der Waals surface area contributed by atoms with Gasteiger partial charge < -0.3 is 10.2 Å². The minimum Gasteiger partial charge on any atom is -0.354 e. The van der Waals surface area contributed by atoms with Crippen LogP contribution in [0.1, 0.15) is 6.92 Å². The van der Waals surface area contributed by atoms with Gasteiger partial charge in [0.15, 0.2) is 0 Å². The van der Waals surface area contributed by atoms with E-state index in [2.05, 4.69) is 20.1 Å². The number of hydrogen-bond acceptors (Lipinski definition) is 4. The Balaban J connectivity index is 1.56. The van der Waals surface area contributed by atoms with Gasteiger partial charge in [-0.15, -0.1) is 0 Å². The average Bonchev–Trinajstić information content (AvgIpc) is 2.64. The van der Waals surface area contributed by atoms with E-state index in [1.165, 1.54) is 18.2 Å². The van der Waals surface area contributed by atoms with E-state index in [0.29, 0.717) is 5.69 Å². The molecular weight excluding hydrogens is 343 g/mol. The number of carbonyl (C=O) groups is 1. The standard InChI is InChI=1S/C18H20ClFN4O/c1-13(18(25)22-16-6-5-14(20)12-15(16)19)23-8-10-24(11-9-23)17-4-2-3-7-21-17/h2-7,12-13H,8-11H2,1H3,(H,22,25)/t13-/m1/s1. The van der Waals surface area contributed by atoms with Crippen LogP contribution in [-0.2, 0) is 4.79 Å². The smallest absolute Gasteiger partial charge is 0.241 e. The fourth-order valence-electron chi connectivity index (χ4n) is 2.87. The number of piperazine rings is 1. The van der Waals surface area contributed by atoms with E-state index >= 15 is 0 Å². The van der Waals surface area contributed by atoms with Gasteiger partial charge in [-0.2, -0.15) is 0 Å². The average molecular weight is 363 g/mol. The number of pyridine rings is 1. The number of hydrogen-bond donors (Lipinski definition) is 1. The van der Waals surface area contributed by atoms with Crippen molar-refractivity contribution in [2.45, 2.75) is 13.0 Å². The summed E-state index contributed by atoms with van der Waals surface area (Å²) in [6.07, 6.45) is 1.78. The molecular formula is C18H20ClFN4O. The van der Waals surface area contributed by atoms with E-state index in [1.54, 1.807) is 6.20 Å². The zero-order chi connectivity index (χ0) is 17.8. The second kappa shape index (κ2) is 7.80. The summed E-state index contributed by atoms with van der Waals surface area (Å²) in [5, 5.41) is 2.97. The van der Waals surface area contributed by atoms with Crippen molar-refractivity contribution in [3.63, 3.8) is 0 Å². The molecule has 0 unspecified atom stereocenters. The van der Waals surface area contributed by atoms with E-state index < -0.39 is 5.82 Å². The zero-order valence-corrected chi connectivity index (χ0v) is 14.7. The molecule has 5 nitrogen and oxygen atoms in total. The van der Waals surface area contributed by atoms with E-state index in [4.69, 9.17) is 11.6 Å². The predicted octanol–water partition coefficient (Wildman–Crippen LogP) is 3.02. The maximum atomic E-state index is 13.1. The van der Waals surface area contributed by atoms with Crippen molar-refractivity contribution in [3.8, 4) is 0 Å². The Morgan fingerprint density at radius 3 is 2.64 bits per heavy atom. The largest absolute Gasteiger partial charge is 0.354 e. The molecule has 0 radical (unpaired) electrons. The molecule has 3 rings (SSSR count). The topological polar surface area (TPSA) is 48.5 Å². The van der Waals surface area contributed by atoms with Crippen LogP contribution in [0, 0.1) is 5.82 Å². The lowest BCUT2D eigenvalue weighted by molar-refractivity contribution is -0.120. The lowest BCUT2D eigenvalue weighted by atomic mass is 10.2. The lowest BCUT2D eigenvalue weighted by Crippen LogP contribution is -2.53. The molecule has 0 bridgehead atoms. The Kier molecular flexibility index (Phi) is 5.50. The number of halogens is 2. The van der Waals surface area contributed by atoms with Gasteiger partial charge >= 0.3 is 0 Å². The van der Waals surface area contributed by atoms with Gasteiger partial charge in [-0.05, 0) is 37.3 Å². The molecule has 2 heterocycles. The summed E-state index contributed by atoms with van der Waals surface area (Å²) in [4.78, 5) is 21.2. The number of nitrogens with zero attached hydrogens (tertiary/aromatic N) is 3. The van der Waals surface area contributed by atoms with Gasteiger partial charge in [0.1, 0.15) is 11.6 Å². The van der Waals surface area contributed by atoms with Crippen molar-refractivity contribution < 1.29 is 9.18 Å². The monoisotopic (exact) mass is 362 g/mol. The predicted molar refractivity (Wildman–Crippen MR) is 97.5 cm³/mol. The lowest BCUT2D eigenvalue weighted by Gasteiger charge is -2.37. The first-order valence-electron chi connectivity index (χ1n) is 8.20. The molecule has 1 atom stereocenters. The molecule has 0 aliphatic carbocycles. The second-order valence-corrected chi connectivity index (χ2v) is 6.41. The number of aromatic nitrogens is 1. The van der Waals surface area contributed by atoms with Crippen molar-refractivity contribution >= 4 is 29.0 Å². The normalized spacial score (nSPS) is 16.5. The van der Waals surface area contributed by atoms with Crippen LogP contribution in [0.3, 0.4) is 0 Å². The van der Waals surface area contributed by atoms with Gasteiger partial charge in [0.2, 0.25) is 5.91 Å². The highest BCUT2D eigenvalue weighted by atomic mass is 35.5. The highest BCUT2D eigenvalue weighted by molar-refractivity contribution is 6.33. The van der Waals surface area contributed by atoms with E-state index in [9.17, 15) is 9.18 Å². The van der Waals surface area contributed by atoms with Crippen molar-refractivity contribution in [2.75, 3.05) is 36.4 Å². The van der Waals surface area contributed by atoms with Crippen LogP contribution < -0.4 is 10.2 Å². The Hall–Kier alpha value is -2.18. The number of benzene rings is 1. The molecule has 0 spiro atoms. The molecule has 1 N–H and O–H groups in total. The van der Waals surface area contributed by atoms with Crippen LogP contribution >= 0.6 is 11.6 Å². The summed E-state index contributed by atoms with van der Waals surface area (Å²) in [6.45, 7) is 5.02. The molecule has 1 fully saturated rings.